The number of benzene rings is 1. The van der Waals surface area contributed by atoms with E-state index in [1.54, 1.807) is 12.1 Å². The van der Waals surface area contributed by atoms with Crippen LogP contribution in [0.1, 0.15) is 17.4 Å². The van der Waals surface area contributed by atoms with Crippen molar-refractivity contribution in [3.05, 3.63) is 57.8 Å². The molecule has 1 aromatic carbocycles. The number of carbonyl (C=O) groups is 2. The molecule has 0 aliphatic carbocycles. The lowest BCUT2D eigenvalue weighted by molar-refractivity contribution is -0.150. The van der Waals surface area contributed by atoms with Gasteiger partial charge in [-0.15, -0.1) is 11.3 Å². The zero-order valence-corrected chi connectivity index (χ0v) is 16.2. The lowest BCUT2D eigenvalue weighted by atomic mass is 10.1. The molecule has 2 aromatic rings. The first kappa shape index (κ1) is 20.2. The normalized spacial score (nSPS) is 12.0. The summed E-state index contributed by atoms with van der Waals surface area (Å²) in [6.07, 6.45) is 0.447. The van der Waals surface area contributed by atoms with Gasteiger partial charge in [-0.2, -0.15) is 5.26 Å². The van der Waals surface area contributed by atoms with Gasteiger partial charge in [0.15, 0.2) is 6.10 Å². The molecular weight excluding hydrogens is 362 g/mol. The minimum Gasteiger partial charge on any atom is -0.448 e. The lowest BCUT2D eigenvalue weighted by Gasteiger charge is -2.13. The number of carbonyl (C=O) groups excluding carboxylic acids is 2. The van der Waals surface area contributed by atoms with Crippen molar-refractivity contribution in [3.8, 4) is 6.07 Å². The molecule has 0 fully saturated rings. The van der Waals surface area contributed by atoms with E-state index in [4.69, 9.17) is 4.74 Å². The van der Waals surface area contributed by atoms with Crippen LogP contribution in [-0.2, 0) is 20.9 Å². The number of rotatable bonds is 7. The van der Waals surface area contributed by atoms with Crippen molar-refractivity contribution in [1.29, 1.82) is 5.26 Å². The highest BCUT2D eigenvalue weighted by atomic mass is 32.1. The Hall–Kier alpha value is -3.11. The van der Waals surface area contributed by atoms with Gasteiger partial charge in [0, 0.05) is 24.7 Å². The van der Waals surface area contributed by atoms with Gasteiger partial charge in [-0.1, -0.05) is 18.2 Å². The summed E-state index contributed by atoms with van der Waals surface area (Å²) in [5.74, 6) is -1.24. The number of hydrogen-bond donors (Lipinski definition) is 1. The molecule has 0 bridgehead atoms. The first-order valence-corrected chi connectivity index (χ1v) is 9.19. The zero-order chi connectivity index (χ0) is 19.8. The molecule has 2 rings (SSSR count). The molecule has 140 valence electrons. The Bertz CT molecular complexity index is 850. The third-order valence-corrected chi connectivity index (χ3v) is 4.61. The number of hydrogen-bond acceptors (Lipinski definition) is 6. The summed E-state index contributed by atoms with van der Waals surface area (Å²) in [5.41, 5.74) is 1.54. The zero-order valence-electron chi connectivity index (χ0n) is 15.4. The third-order valence-electron chi connectivity index (χ3n) is 3.73. The highest BCUT2D eigenvalue weighted by Crippen LogP contribution is 2.15. The van der Waals surface area contributed by atoms with Gasteiger partial charge in [0.05, 0.1) is 6.54 Å². The summed E-state index contributed by atoms with van der Waals surface area (Å²) >= 11 is 1.53. The Kier molecular flexibility index (Phi) is 7.15. The van der Waals surface area contributed by atoms with Gasteiger partial charge in [-0.3, -0.25) is 4.79 Å². The predicted octanol–water partition coefficient (Wildman–Crippen LogP) is 2.97. The maximum atomic E-state index is 12.2. The Morgan fingerprint density at radius 2 is 2.00 bits per heavy atom. The second-order valence-corrected chi connectivity index (χ2v) is 7.03. The molecular formula is C20H21N3O3S. The standard InChI is InChI=1S/C20H21N3O3S/c1-14(19(24)22-13-18-5-4-10-27-18)26-20(25)16(12-21)11-15-6-8-17(9-7-15)23(2)3/h4-11,14H,13H2,1-3H3,(H,22,24)/b16-11+/t14-/m0/s1. The van der Waals surface area contributed by atoms with Crippen LogP contribution in [0, 0.1) is 11.3 Å². The molecule has 1 N–H and O–H groups in total. The van der Waals surface area contributed by atoms with Crippen molar-refractivity contribution in [2.24, 2.45) is 0 Å². The lowest BCUT2D eigenvalue weighted by Crippen LogP contribution is -2.35. The first-order valence-electron chi connectivity index (χ1n) is 8.31. The molecule has 1 atom stereocenters. The van der Waals surface area contributed by atoms with Crippen LogP contribution in [-0.4, -0.2) is 32.1 Å². The van der Waals surface area contributed by atoms with Gasteiger partial charge < -0.3 is 15.0 Å². The van der Waals surface area contributed by atoms with Crippen molar-refractivity contribution < 1.29 is 14.3 Å². The van der Waals surface area contributed by atoms with E-state index in [1.165, 1.54) is 24.3 Å². The summed E-state index contributed by atoms with van der Waals surface area (Å²) in [6, 6.07) is 13.0. The van der Waals surface area contributed by atoms with Crippen LogP contribution in [0.3, 0.4) is 0 Å². The van der Waals surface area contributed by atoms with Crippen LogP contribution >= 0.6 is 11.3 Å². The number of amides is 1. The van der Waals surface area contributed by atoms with Crippen molar-refractivity contribution in [3.63, 3.8) is 0 Å². The van der Waals surface area contributed by atoms with E-state index < -0.39 is 18.0 Å². The Balaban J connectivity index is 1.96. The van der Waals surface area contributed by atoms with Crippen LogP contribution in [0.15, 0.2) is 47.4 Å². The summed E-state index contributed by atoms with van der Waals surface area (Å²) in [7, 11) is 3.85. The fraction of sp³-hybridized carbons (Fsp3) is 0.250. The van der Waals surface area contributed by atoms with Gasteiger partial charge >= 0.3 is 5.97 Å². The molecule has 1 heterocycles. The number of esters is 1. The van der Waals surface area contributed by atoms with Gasteiger partial charge in [-0.25, -0.2) is 4.79 Å². The second kappa shape index (κ2) is 9.55. The molecule has 0 aliphatic heterocycles. The predicted molar refractivity (Wildman–Crippen MR) is 106 cm³/mol. The first-order chi connectivity index (χ1) is 12.9. The molecule has 1 aromatic heterocycles. The number of nitriles is 1. The van der Waals surface area contributed by atoms with Gasteiger partial charge in [0.2, 0.25) is 0 Å². The van der Waals surface area contributed by atoms with E-state index in [0.29, 0.717) is 12.1 Å². The Labute approximate surface area is 162 Å². The van der Waals surface area contributed by atoms with E-state index in [9.17, 15) is 14.9 Å². The summed E-state index contributed by atoms with van der Waals surface area (Å²) in [4.78, 5) is 27.2. The van der Waals surface area contributed by atoms with E-state index >= 15 is 0 Å². The van der Waals surface area contributed by atoms with Gasteiger partial charge in [0.25, 0.3) is 5.91 Å². The highest BCUT2D eigenvalue weighted by Gasteiger charge is 2.20. The third kappa shape index (κ3) is 5.97. The van der Waals surface area contributed by atoms with Crippen molar-refractivity contribution in [2.45, 2.75) is 19.6 Å². The molecule has 0 saturated carbocycles. The van der Waals surface area contributed by atoms with Crippen LogP contribution < -0.4 is 10.2 Å². The summed E-state index contributed by atoms with van der Waals surface area (Å²) in [6.45, 7) is 1.85. The van der Waals surface area contributed by atoms with Crippen molar-refractivity contribution in [1.82, 2.24) is 5.32 Å². The van der Waals surface area contributed by atoms with E-state index in [-0.39, 0.29) is 5.57 Å². The molecule has 0 radical (unpaired) electrons. The number of nitrogens with one attached hydrogen (secondary N) is 1. The van der Waals surface area contributed by atoms with Crippen molar-refractivity contribution in [2.75, 3.05) is 19.0 Å². The second-order valence-electron chi connectivity index (χ2n) is 6.00. The maximum absolute atomic E-state index is 12.2. The SMILES string of the molecule is C[C@H](OC(=O)/C(C#N)=C/c1ccc(N(C)C)cc1)C(=O)NCc1cccs1. The topological polar surface area (TPSA) is 82.4 Å². The monoisotopic (exact) mass is 383 g/mol. The summed E-state index contributed by atoms with van der Waals surface area (Å²) < 4.78 is 5.12. The highest BCUT2D eigenvalue weighted by molar-refractivity contribution is 7.09. The van der Waals surface area contributed by atoms with E-state index in [2.05, 4.69) is 5.32 Å². The molecule has 27 heavy (non-hydrogen) atoms. The Morgan fingerprint density at radius 1 is 1.30 bits per heavy atom. The number of nitrogens with zero attached hydrogens (tertiary/aromatic N) is 2. The smallest absolute Gasteiger partial charge is 0.349 e. The minimum absolute atomic E-state index is 0.162. The molecule has 7 heteroatoms. The summed E-state index contributed by atoms with van der Waals surface area (Å²) in [5, 5.41) is 13.9. The quantitative estimate of drug-likeness (QED) is 0.452. The molecule has 6 nitrogen and oxygen atoms in total. The molecule has 0 unspecified atom stereocenters. The molecule has 0 saturated heterocycles. The average molecular weight is 383 g/mol. The average Bonchev–Trinajstić information content (AvgIpc) is 3.17. The molecule has 0 spiro atoms. The minimum atomic E-state index is -0.995. The van der Waals surface area contributed by atoms with Gasteiger partial charge in [-0.05, 0) is 42.1 Å². The van der Waals surface area contributed by atoms with E-state index in [1.807, 2.05) is 54.7 Å². The Morgan fingerprint density at radius 3 is 2.56 bits per heavy atom. The van der Waals surface area contributed by atoms with Crippen LogP contribution in [0.2, 0.25) is 0 Å². The van der Waals surface area contributed by atoms with Gasteiger partial charge in [0.1, 0.15) is 11.6 Å². The number of anilines is 1. The molecule has 0 aliphatic rings. The largest absolute Gasteiger partial charge is 0.448 e. The number of thiophene rings is 1. The number of ether oxygens (including phenoxy) is 1. The maximum Gasteiger partial charge on any atom is 0.349 e. The fourth-order valence-corrected chi connectivity index (χ4v) is 2.83. The molecule has 1 amide bonds. The fourth-order valence-electron chi connectivity index (χ4n) is 2.18. The van der Waals surface area contributed by atoms with Crippen LogP contribution in [0.4, 0.5) is 5.69 Å². The van der Waals surface area contributed by atoms with Crippen molar-refractivity contribution >= 4 is 35.0 Å². The van der Waals surface area contributed by atoms with Crippen LogP contribution in [0.25, 0.3) is 6.08 Å². The van der Waals surface area contributed by atoms with E-state index in [0.717, 1.165) is 10.6 Å². The van der Waals surface area contributed by atoms with Crippen LogP contribution in [0.5, 0.6) is 0 Å².